The Morgan fingerprint density at radius 3 is 2.56 bits per heavy atom. The number of aliphatic hydroxyl groups is 1. The Kier molecular flexibility index (Phi) is 5.31. The molecule has 0 aliphatic carbocycles. The Labute approximate surface area is 180 Å². The standard InChI is InChI=1S/C21H16F3N7O/c1-2-20(32,21(22,23)24)19-11-31(30-29-19)10-13-3-4-16-17(14-8-26-12-27-9-14)6-15(7-25)28-18(16)5-13/h3-6,8-9,11-12,32H,2,10H2,1H3/t20-/m0/s1. The summed E-state index contributed by atoms with van der Waals surface area (Å²) in [5.41, 5.74) is -0.764. The first-order valence-corrected chi connectivity index (χ1v) is 9.54. The first-order chi connectivity index (χ1) is 15.2. The van der Waals surface area contributed by atoms with E-state index in [1.54, 1.807) is 36.7 Å². The minimum Gasteiger partial charge on any atom is -0.375 e. The summed E-state index contributed by atoms with van der Waals surface area (Å²) in [6, 6.07) is 8.97. The molecule has 3 heterocycles. The average molecular weight is 439 g/mol. The van der Waals surface area contributed by atoms with E-state index in [4.69, 9.17) is 0 Å². The zero-order valence-corrected chi connectivity index (χ0v) is 16.7. The summed E-state index contributed by atoms with van der Waals surface area (Å²) in [7, 11) is 0. The normalized spacial score (nSPS) is 13.6. The number of pyridine rings is 1. The van der Waals surface area contributed by atoms with Gasteiger partial charge in [-0.3, -0.25) is 0 Å². The molecule has 4 aromatic rings. The van der Waals surface area contributed by atoms with E-state index in [9.17, 15) is 23.5 Å². The Morgan fingerprint density at radius 2 is 1.91 bits per heavy atom. The molecule has 0 radical (unpaired) electrons. The van der Waals surface area contributed by atoms with E-state index >= 15 is 0 Å². The van der Waals surface area contributed by atoms with Crippen molar-refractivity contribution in [3.05, 3.63) is 66.1 Å². The molecule has 4 rings (SSSR count). The SMILES string of the molecule is CC[C@](O)(c1cn(Cc2ccc3c(-c4cncnc4)cc(C#N)nc3c2)nn1)C(F)(F)F. The third-order valence-corrected chi connectivity index (χ3v) is 5.15. The van der Waals surface area contributed by atoms with Gasteiger partial charge in [0, 0.05) is 23.3 Å². The number of nitriles is 1. The van der Waals surface area contributed by atoms with Crippen LogP contribution < -0.4 is 0 Å². The van der Waals surface area contributed by atoms with E-state index in [2.05, 4.69) is 25.3 Å². The third-order valence-electron chi connectivity index (χ3n) is 5.15. The van der Waals surface area contributed by atoms with Crippen molar-refractivity contribution in [1.82, 2.24) is 29.9 Å². The van der Waals surface area contributed by atoms with Gasteiger partial charge in [0.25, 0.3) is 0 Å². The van der Waals surface area contributed by atoms with Gasteiger partial charge in [-0.15, -0.1) is 5.10 Å². The average Bonchev–Trinajstić information content (AvgIpc) is 3.26. The van der Waals surface area contributed by atoms with Gasteiger partial charge < -0.3 is 5.11 Å². The zero-order chi connectivity index (χ0) is 22.9. The monoisotopic (exact) mass is 439 g/mol. The number of aromatic nitrogens is 6. The molecular formula is C21H16F3N7O. The highest BCUT2D eigenvalue weighted by Crippen LogP contribution is 2.40. The largest absolute Gasteiger partial charge is 0.423 e. The Morgan fingerprint density at radius 1 is 1.16 bits per heavy atom. The van der Waals surface area contributed by atoms with E-state index in [1.165, 1.54) is 17.9 Å². The Hall–Kier alpha value is -3.91. The van der Waals surface area contributed by atoms with E-state index in [1.807, 2.05) is 6.07 Å². The number of rotatable bonds is 5. The van der Waals surface area contributed by atoms with Crippen LogP contribution in [0, 0.1) is 11.3 Å². The first-order valence-electron chi connectivity index (χ1n) is 9.54. The second-order valence-electron chi connectivity index (χ2n) is 7.16. The van der Waals surface area contributed by atoms with Crippen LogP contribution >= 0.6 is 0 Å². The first kappa shape index (κ1) is 21.3. The highest BCUT2D eigenvalue weighted by Gasteiger charge is 2.55. The molecule has 0 aliphatic rings. The maximum absolute atomic E-state index is 13.3. The minimum atomic E-state index is -4.87. The number of benzene rings is 1. The number of fused-ring (bicyclic) bond motifs is 1. The second kappa shape index (κ2) is 7.97. The minimum absolute atomic E-state index is 0.100. The van der Waals surface area contributed by atoms with Crippen molar-refractivity contribution in [3.8, 4) is 17.2 Å². The van der Waals surface area contributed by atoms with Crippen LogP contribution in [0.4, 0.5) is 13.2 Å². The van der Waals surface area contributed by atoms with Gasteiger partial charge in [0.15, 0.2) is 0 Å². The fraction of sp³-hybridized carbons (Fsp3) is 0.238. The van der Waals surface area contributed by atoms with Gasteiger partial charge in [-0.05, 0) is 29.7 Å². The molecule has 1 atom stereocenters. The van der Waals surface area contributed by atoms with Gasteiger partial charge in [-0.2, -0.15) is 18.4 Å². The number of alkyl halides is 3. The topological polar surface area (TPSA) is 113 Å². The number of nitrogens with zero attached hydrogens (tertiary/aromatic N) is 7. The fourth-order valence-corrected chi connectivity index (χ4v) is 3.39. The predicted molar refractivity (Wildman–Crippen MR) is 107 cm³/mol. The molecule has 0 bridgehead atoms. The van der Waals surface area contributed by atoms with E-state index in [0.717, 1.165) is 22.7 Å². The molecule has 0 saturated heterocycles. The molecule has 0 fully saturated rings. The molecule has 0 saturated carbocycles. The van der Waals surface area contributed by atoms with Gasteiger partial charge in [-0.25, -0.2) is 19.6 Å². The molecule has 162 valence electrons. The van der Waals surface area contributed by atoms with E-state index in [0.29, 0.717) is 11.1 Å². The molecule has 0 spiro atoms. The van der Waals surface area contributed by atoms with E-state index in [-0.39, 0.29) is 12.2 Å². The number of hydrogen-bond donors (Lipinski definition) is 1. The highest BCUT2D eigenvalue weighted by molar-refractivity contribution is 5.95. The van der Waals surface area contributed by atoms with Crippen molar-refractivity contribution in [2.75, 3.05) is 0 Å². The lowest BCUT2D eigenvalue weighted by atomic mass is 9.96. The van der Waals surface area contributed by atoms with Crippen molar-refractivity contribution >= 4 is 10.9 Å². The zero-order valence-electron chi connectivity index (χ0n) is 16.7. The summed E-state index contributed by atoms with van der Waals surface area (Å²) in [6.45, 7) is 1.33. The lowest BCUT2D eigenvalue weighted by Gasteiger charge is -2.26. The molecule has 0 aliphatic heterocycles. The fourth-order valence-electron chi connectivity index (χ4n) is 3.39. The molecule has 3 aromatic heterocycles. The van der Waals surface area contributed by atoms with Crippen molar-refractivity contribution in [3.63, 3.8) is 0 Å². The van der Waals surface area contributed by atoms with Crippen molar-refractivity contribution in [2.24, 2.45) is 0 Å². The van der Waals surface area contributed by atoms with Gasteiger partial charge in [0.05, 0.1) is 18.3 Å². The van der Waals surface area contributed by atoms with Crippen molar-refractivity contribution < 1.29 is 18.3 Å². The molecule has 0 amide bonds. The Balaban J connectivity index is 1.70. The number of hydrogen-bond acceptors (Lipinski definition) is 7. The van der Waals surface area contributed by atoms with Crippen LogP contribution in [0.5, 0.6) is 0 Å². The van der Waals surface area contributed by atoms with Crippen LogP contribution in [0.1, 0.15) is 30.3 Å². The van der Waals surface area contributed by atoms with Crippen LogP contribution in [0.3, 0.4) is 0 Å². The van der Waals surface area contributed by atoms with Gasteiger partial charge in [0.1, 0.15) is 23.8 Å². The summed E-state index contributed by atoms with van der Waals surface area (Å²) in [5, 5.41) is 27.4. The van der Waals surface area contributed by atoms with Gasteiger partial charge in [-0.1, -0.05) is 24.3 Å². The molecule has 1 aromatic carbocycles. The third kappa shape index (κ3) is 3.76. The molecule has 11 heteroatoms. The molecule has 8 nitrogen and oxygen atoms in total. The summed E-state index contributed by atoms with van der Waals surface area (Å²) >= 11 is 0. The quantitative estimate of drug-likeness (QED) is 0.507. The van der Waals surface area contributed by atoms with Crippen molar-refractivity contribution in [2.45, 2.75) is 31.7 Å². The van der Waals surface area contributed by atoms with Gasteiger partial charge >= 0.3 is 6.18 Å². The summed E-state index contributed by atoms with van der Waals surface area (Å²) < 4.78 is 41.1. The molecular weight excluding hydrogens is 423 g/mol. The maximum Gasteiger partial charge on any atom is 0.423 e. The summed E-state index contributed by atoms with van der Waals surface area (Å²) in [5.74, 6) is 0. The summed E-state index contributed by atoms with van der Waals surface area (Å²) in [6.07, 6.45) is 0.277. The molecule has 0 unspecified atom stereocenters. The van der Waals surface area contributed by atoms with Crippen LogP contribution in [0.15, 0.2) is 49.2 Å². The van der Waals surface area contributed by atoms with Gasteiger partial charge in [0.2, 0.25) is 5.60 Å². The van der Waals surface area contributed by atoms with Crippen LogP contribution in [0.25, 0.3) is 22.0 Å². The Bertz CT molecular complexity index is 1310. The second-order valence-corrected chi connectivity index (χ2v) is 7.16. The van der Waals surface area contributed by atoms with Crippen LogP contribution in [-0.4, -0.2) is 41.2 Å². The van der Waals surface area contributed by atoms with Crippen LogP contribution in [0.2, 0.25) is 0 Å². The smallest absolute Gasteiger partial charge is 0.375 e. The lowest BCUT2D eigenvalue weighted by Crippen LogP contribution is -2.42. The lowest BCUT2D eigenvalue weighted by molar-refractivity contribution is -0.269. The molecule has 32 heavy (non-hydrogen) atoms. The molecule has 1 N–H and O–H groups in total. The summed E-state index contributed by atoms with van der Waals surface area (Å²) in [4.78, 5) is 12.4. The van der Waals surface area contributed by atoms with Crippen molar-refractivity contribution in [1.29, 1.82) is 5.26 Å². The predicted octanol–water partition coefficient (Wildman–Crippen LogP) is 3.36. The van der Waals surface area contributed by atoms with Crippen LogP contribution in [-0.2, 0) is 12.1 Å². The maximum atomic E-state index is 13.3. The van der Waals surface area contributed by atoms with E-state index < -0.39 is 23.9 Å². The highest BCUT2D eigenvalue weighted by atomic mass is 19.4. The number of halogens is 3.